The second-order valence-corrected chi connectivity index (χ2v) is 6.00. The summed E-state index contributed by atoms with van der Waals surface area (Å²) < 4.78 is 19.4. The number of fused-ring (bicyclic) bond motifs is 1. The zero-order chi connectivity index (χ0) is 15.0. The van der Waals surface area contributed by atoms with Crippen LogP contribution < -0.4 is 10.1 Å². The van der Waals surface area contributed by atoms with Gasteiger partial charge in [-0.3, -0.25) is 0 Å². The number of methoxy groups -OCH3 is 1. The van der Waals surface area contributed by atoms with E-state index in [0.29, 0.717) is 21.4 Å². The molecule has 108 valence electrons. The number of halogens is 2. The van der Waals surface area contributed by atoms with Gasteiger partial charge >= 0.3 is 0 Å². The van der Waals surface area contributed by atoms with Crippen molar-refractivity contribution in [2.75, 3.05) is 12.4 Å². The SMILES string of the molecule is COc1cc(Cl)c(C)cc1Nc1nc2cc(F)ccc2s1. The summed E-state index contributed by atoms with van der Waals surface area (Å²) in [4.78, 5) is 4.38. The van der Waals surface area contributed by atoms with Gasteiger partial charge in [0.25, 0.3) is 0 Å². The predicted octanol–water partition coefficient (Wildman–Crippen LogP) is 5.15. The quantitative estimate of drug-likeness (QED) is 0.724. The fraction of sp³-hybridized carbons (Fsp3) is 0.133. The third-order valence-corrected chi connectivity index (χ3v) is 4.43. The first-order chi connectivity index (χ1) is 10.1. The Kier molecular flexibility index (Phi) is 3.69. The van der Waals surface area contributed by atoms with Crippen LogP contribution in [0.25, 0.3) is 10.2 Å². The van der Waals surface area contributed by atoms with E-state index < -0.39 is 0 Å². The molecule has 0 amide bonds. The van der Waals surface area contributed by atoms with Crippen molar-refractivity contribution >= 4 is 44.0 Å². The minimum atomic E-state index is -0.292. The van der Waals surface area contributed by atoms with Crippen LogP contribution in [-0.4, -0.2) is 12.1 Å². The number of hydrogen-bond acceptors (Lipinski definition) is 4. The van der Waals surface area contributed by atoms with Gasteiger partial charge in [-0.05, 0) is 30.7 Å². The van der Waals surface area contributed by atoms with Gasteiger partial charge in [-0.2, -0.15) is 0 Å². The van der Waals surface area contributed by atoms with Gasteiger partial charge in [0.2, 0.25) is 0 Å². The molecule has 6 heteroatoms. The molecule has 1 aromatic heterocycles. The van der Waals surface area contributed by atoms with Crippen molar-refractivity contribution in [1.82, 2.24) is 4.98 Å². The zero-order valence-corrected chi connectivity index (χ0v) is 13.0. The number of anilines is 2. The highest BCUT2D eigenvalue weighted by Crippen LogP contribution is 2.35. The molecular formula is C15H12ClFN2OS. The predicted molar refractivity (Wildman–Crippen MR) is 85.6 cm³/mol. The fourth-order valence-electron chi connectivity index (χ4n) is 2.00. The Morgan fingerprint density at radius 2 is 2.10 bits per heavy atom. The first kappa shape index (κ1) is 14.1. The molecule has 0 bridgehead atoms. The highest BCUT2D eigenvalue weighted by atomic mass is 35.5. The molecule has 21 heavy (non-hydrogen) atoms. The summed E-state index contributed by atoms with van der Waals surface area (Å²) in [5.41, 5.74) is 2.35. The Morgan fingerprint density at radius 3 is 2.86 bits per heavy atom. The molecule has 0 aliphatic carbocycles. The van der Waals surface area contributed by atoms with E-state index in [0.717, 1.165) is 16.0 Å². The summed E-state index contributed by atoms with van der Waals surface area (Å²) in [6.07, 6.45) is 0. The van der Waals surface area contributed by atoms with Crippen LogP contribution in [0.2, 0.25) is 5.02 Å². The lowest BCUT2D eigenvalue weighted by Crippen LogP contribution is -1.95. The fourth-order valence-corrected chi connectivity index (χ4v) is 3.01. The van der Waals surface area contributed by atoms with Crippen LogP contribution in [0.3, 0.4) is 0 Å². The van der Waals surface area contributed by atoms with E-state index in [1.54, 1.807) is 19.2 Å². The number of nitrogens with one attached hydrogen (secondary N) is 1. The summed E-state index contributed by atoms with van der Waals surface area (Å²) >= 11 is 7.54. The summed E-state index contributed by atoms with van der Waals surface area (Å²) in [5, 5.41) is 4.52. The number of aromatic nitrogens is 1. The summed E-state index contributed by atoms with van der Waals surface area (Å²) in [7, 11) is 1.58. The van der Waals surface area contributed by atoms with Crippen molar-refractivity contribution in [3.8, 4) is 5.75 Å². The molecule has 2 aromatic carbocycles. The largest absolute Gasteiger partial charge is 0.495 e. The zero-order valence-electron chi connectivity index (χ0n) is 11.4. The maximum absolute atomic E-state index is 13.2. The van der Waals surface area contributed by atoms with Gasteiger partial charge in [-0.15, -0.1) is 0 Å². The van der Waals surface area contributed by atoms with E-state index in [2.05, 4.69) is 10.3 Å². The molecule has 1 N–H and O–H groups in total. The van der Waals surface area contributed by atoms with Crippen molar-refractivity contribution < 1.29 is 9.13 Å². The number of aryl methyl sites for hydroxylation is 1. The lowest BCUT2D eigenvalue weighted by Gasteiger charge is -2.11. The van der Waals surface area contributed by atoms with Gasteiger partial charge in [-0.25, -0.2) is 9.37 Å². The van der Waals surface area contributed by atoms with Crippen molar-refractivity contribution in [3.63, 3.8) is 0 Å². The van der Waals surface area contributed by atoms with E-state index in [-0.39, 0.29) is 5.82 Å². The molecule has 3 aromatic rings. The summed E-state index contributed by atoms with van der Waals surface area (Å²) in [5.74, 6) is 0.343. The minimum absolute atomic E-state index is 0.292. The molecular weight excluding hydrogens is 311 g/mol. The normalized spacial score (nSPS) is 10.9. The standard InChI is InChI=1S/C15H12ClFN2OS/c1-8-5-11(13(20-2)7-10(8)16)18-15-19-12-6-9(17)3-4-14(12)21-15/h3-7H,1-2H3,(H,18,19). The Labute approximate surface area is 130 Å². The second-order valence-electron chi connectivity index (χ2n) is 4.56. The van der Waals surface area contributed by atoms with Crippen LogP contribution in [0.1, 0.15) is 5.56 Å². The third-order valence-electron chi connectivity index (χ3n) is 3.07. The molecule has 0 unspecified atom stereocenters. The van der Waals surface area contributed by atoms with Crippen molar-refractivity contribution in [1.29, 1.82) is 0 Å². The van der Waals surface area contributed by atoms with E-state index in [4.69, 9.17) is 16.3 Å². The average molecular weight is 323 g/mol. The molecule has 0 aliphatic rings. The molecule has 0 spiro atoms. The maximum atomic E-state index is 13.2. The minimum Gasteiger partial charge on any atom is -0.495 e. The Bertz CT molecular complexity index is 819. The molecule has 0 atom stereocenters. The van der Waals surface area contributed by atoms with Crippen molar-refractivity contribution in [2.24, 2.45) is 0 Å². The van der Waals surface area contributed by atoms with E-state index in [1.165, 1.54) is 23.5 Å². The highest BCUT2D eigenvalue weighted by molar-refractivity contribution is 7.22. The lowest BCUT2D eigenvalue weighted by atomic mass is 10.2. The van der Waals surface area contributed by atoms with Gasteiger partial charge in [0.15, 0.2) is 5.13 Å². The molecule has 0 fully saturated rings. The number of benzene rings is 2. The van der Waals surface area contributed by atoms with E-state index in [9.17, 15) is 4.39 Å². The van der Waals surface area contributed by atoms with Crippen LogP contribution in [0, 0.1) is 12.7 Å². The highest BCUT2D eigenvalue weighted by Gasteiger charge is 2.10. The molecule has 0 saturated heterocycles. The van der Waals surface area contributed by atoms with Gasteiger partial charge in [0, 0.05) is 17.2 Å². The number of rotatable bonds is 3. The third kappa shape index (κ3) is 2.80. The topological polar surface area (TPSA) is 34.1 Å². The maximum Gasteiger partial charge on any atom is 0.188 e. The van der Waals surface area contributed by atoms with E-state index in [1.807, 2.05) is 13.0 Å². The van der Waals surface area contributed by atoms with Crippen molar-refractivity contribution in [3.05, 3.63) is 46.7 Å². The van der Waals surface area contributed by atoms with Crippen LogP contribution in [0.5, 0.6) is 5.75 Å². The summed E-state index contributed by atoms with van der Waals surface area (Å²) in [6, 6.07) is 8.22. The smallest absolute Gasteiger partial charge is 0.188 e. The van der Waals surface area contributed by atoms with Gasteiger partial charge in [0.1, 0.15) is 11.6 Å². The Hall–Kier alpha value is -1.85. The monoisotopic (exact) mass is 322 g/mol. The molecule has 0 radical (unpaired) electrons. The van der Waals surface area contributed by atoms with Gasteiger partial charge in [-0.1, -0.05) is 22.9 Å². The number of nitrogens with zero attached hydrogens (tertiary/aromatic N) is 1. The van der Waals surface area contributed by atoms with Crippen molar-refractivity contribution in [2.45, 2.75) is 6.92 Å². The van der Waals surface area contributed by atoms with Crippen LogP contribution in [0.15, 0.2) is 30.3 Å². The van der Waals surface area contributed by atoms with Crippen LogP contribution in [0.4, 0.5) is 15.2 Å². The van der Waals surface area contributed by atoms with Gasteiger partial charge in [0.05, 0.1) is 23.0 Å². The lowest BCUT2D eigenvalue weighted by molar-refractivity contribution is 0.417. The second kappa shape index (κ2) is 5.50. The first-order valence-corrected chi connectivity index (χ1v) is 7.43. The first-order valence-electron chi connectivity index (χ1n) is 6.24. The molecule has 1 heterocycles. The van der Waals surface area contributed by atoms with E-state index >= 15 is 0 Å². The number of hydrogen-bond donors (Lipinski definition) is 1. The number of thiazole rings is 1. The van der Waals surface area contributed by atoms with Crippen LogP contribution in [-0.2, 0) is 0 Å². The van der Waals surface area contributed by atoms with Crippen LogP contribution >= 0.6 is 22.9 Å². The summed E-state index contributed by atoms with van der Waals surface area (Å²) in [6.45, 7) is 1.92. The molecule has 3 rings (SSSR count). The average Bonchev–Trinajstić information content (AvgIpc) is 2.84. The Morgan fingerprint density at radius 1 is 1.29 bits per heavy atom. The number of ether oxygens (including phenoxy) is 1. The van der Waals surface area contributed by atoms with Gasteiger partial charge < -0.3 is 10.1 Å². The Balaban J connectivity index is 2.00. The molecule has 0 saturated carbocycles. The molecule has 3 nitrogen and oxygen atoms in total. The molecule has 0 aliphatic heterocycles.